The van der Waals surface area contributed by atoms with E-state index in [0.29, 0.717) is 0 Å². The minimum Gasteiger partial charge on any atom is -0.485 e. The van der Waals surface area contributed by atoms with Gasteiger partial charge in [0.25, 0.3) is 5.91 Å². The molecule has 1 amide bonds. The van der Waals surface area contributed by atoms with Crippen LogP contribution in [0, 0.1) is 5.82 Å². The van der Waals surface area contributed by atoms with Crippen LogP contribution in [0.3, 0.4) is 0 Å². The maximum absolute atomic E-state index is 15.7. The van der Waals surface area contributed by atoms with E-state index in [4.69, 9.17) is 10.5 Å². The number of fused-ring (bicyclic) bond motifs is 1. The number of benzene rings is 1. The normalized spacial score (nSPS) is 23.5. The Balaban J connectivity index is 0.00000361. The number of aliphatic imine (C=N–C) groups is 1. The second-order valence-electron chi connectivity index (χ2n) is 7.94. The number of rotatable bonds is 7. The van der Waals surface area contributed by atoms with Crippen LogP contribution in [0.25, 0.3) is 0 Å². The van der Waals surface area contributed by atoms with Gasteiger partial charge in [0.15, 0.2) is 23.0 Å². The highest BCUT2D eigenvalue weighted by Gasteiger charge is 2.61. The lowest BCUT2D eigenvalue weighted by molar-refractivity contribution is -0.148. The fourth-order valence-electron chi connectivity index (χ4n) is 3.65. The summed E-state index contributed by atoms with van der Waals surface area (Å²) < 4.78 is 90.7. The van der Waals surface area contributed by atoms with Crippen LogP contribution in [0.4, 0.5) is 32.0 Å². The van der Waals surface area contributed by atoms with Crippen LogP contribution in [-0.4, -0.2) is 59.6 Å². The molecule has 2 aliphatic heterocycles. The van der Waals surface area contributed by atoms with Gasteiger partial charge in [0, 0.05) is 17.0 Å². The lowest BCUT2D eigenvalue weighted by atomic mass is 9.79. The summed E-state index contributed by atoms with van der Waals surface area (Å²) in [6.07, 6.45) is -2.98. The summed E-state index contributed by atoms with van der Waals surface area (Å²) in [6.45, 7) is -2.11. The smallest absolute Gasteiger partial charge is 0.340 e. The fraction of sp³-hybridized carbons (Fsp3) is 0.381. The van der Waals surface area contributed by atoms with Crippen molar-refractivity contribution in [3.05, 3.63) is 53.6 Å². The van der Waals surface area contributed by atoms with E-state index in [1.807, 2.05) is 0 Å². The molecule has 0 spiro atoms. The van der Waals surface area contributed by atoms with Gasteiger partial charge in [-0.15, -0.1) is 12.4 Å². The Morgan fingerprint density at radius 3 is 2.69 bits per heavy atom. The maximum atomic E-state index is 15.7. The van der Waals surface area contributed by atoms with Crippen LogP contribution in [0.5, 0.6) is 5.75 Å². The summed E-state index contributed by atoms with van der Waals surface area (Å²) in [6, 6.07) is 5.74. The summed E-state index contributed by atoms with van der Waals surface area (Å²) in [5, 5.41) is 2.56. The van der Waals surface area contributed by atoms with Crippen molar-refractivity contribution < 1.29 is 40.6 Å². The predicted molar refractivity (Wildman–Crippen MR) is 123 cm³/mol. The summed E-state index contributed by atoms with van der Waals surface area (Å²) in [5.41, 5.74) is 1.84. The first-order chi connectivity index (χ1) is 16.5. The van der Waals surface area contributed by atoms with Crippen molar-refractivity contribution in [3.63, 3.8) is 0 Å². The first-order valence-electron chi connectivity index (χ1n) is 10.1. The molecule has 1 fully saturated rings. The van der Waals surface area contributed by atoms with Crippen LogP contribution in [0.1, 0.15) is 16.1 Å². The quantitative estimate of drug-likeness (QED) is 0.497. The number of thioether (sulfide) groups is 1. The second kappa shape index (κ2) is 10.3. The number of hydrogen-bond acceptors (Lipinski definition) is 7. The Kier molecular flexibility index (Phi) is 8.01. The van der Waals surface area contributed by atoms with Crippen LogP contribution < -0.4 is 15.8 Å². The van der Waals surface area contributed by atoms with Crippen LogP contribution in [-0.2, 0) is 10.3 Å². The number of ether oxygens (including phenoxy) is 2. The number of hydrogen-bond donors (Lipinski definition) is 2. The molecule has 2 aromatic rings. The Bertz CT molecular complexity index is 1160. The van der Waals surface area contributed by atoms with Gasteiger partial charge in [-0.3, -0.25) is 4.79 Å². The number of alkyl halides is 5. The molecular weight excluding hydrogens is 538 g/mol. The summed E-state index contributed by atoms with van der Waals surface area (Å²) in [5.74, 6) is -6.21. The molecule has 1 aromatic carbocycles. The molecule has 36 heavy (non-hydrogen) atoms. The van der Waals surface area contributed by atoms with Crippen molar-refractivity contribution in [1.82, 2.24) is 4.98 Å². The zero-order valence-corrected chi connectivity index (χ0v) is 19.8. The standard InChI is InChI=1S/C21H18F6N4O3S.ClH/c22-14-3-1-11(5-13(14)20-8-33-7-19(20,25)10-35-18(28)31-20)30-16(32)15-4-2-12(6-29-15)34-9-21(26,27)17(23)24;/h1-6,17H,7-10H2,(H2,28,31)(H,30,32);1H. The minimum absolute atomic E-state index is 0. The van der Waals surface area contributed by atoms with E-state index in [-0.39, 0.29) is 59.2 Å². The van der Waals surface area contributed by atoms with Crippen molar-refractivity contribution in [1.29, 1.82) is 0 Å². The van der Waals surface area contributed by atoms with Crippen molar-refractivity contribution in [2.45, 2.75) is 23.6 Å². The SMILES string of the molecule is Cl.NC1=NC2(c3cc(NC(=O)c4ccc(OCC(F)(F)C(F)F)cn4)ccc3F)COCC2(F)CS1. The Morgan fingerprint density at radius 1 is 1.28 bits per heavy atom. The average molecular weight is 557 g/mol. The molecule has 0 aliphatic carbocycles. The number of carbonyl (C=O) groups is 1. The molecule has 2 atom stereocenters. The molecule has 2 unspecified atom stereocenters. The molecule has 2 aliphatic rings. The highest BCUT2D eigenvalue weighted by Crippen LogP contribution is 2.50. The predicted octanol–water partition coefficient (Wildman–Crippen LogP) is 4.17. The van der Waals surface area contributed by atoms with E-state index >= 15 is 4.39 Å². The number of nitrogens with one attached hydrogen (secondary N) is 1. The van der Waals surface area contributed by atoms with Gasteiger partial charge in [0.2, 0.25) is 0 Å². The van der Waals surface area contributed by atoms with Crippen LogP contribution >= 0.6 is 24.2 Å². The summed E-state index contributed by atoms with van der Waals surface area (Å²) in [7, 11) is 0. The van der Waals surface area contributed by atoms with E-state index in [0.717, 1.165) is 36.2 Å². The summed E-state index contributed by atoms with van der Waals surface area (Å²) in [4.78, 5) is 20.5. The van der Waals surface area contributed by atoms with Gasteiger partial charge in [-0.25, -0.2) is 27.5 Å². The molecule has 1 aromatic heterocycles. The molecule has 196 valence electrons. The van der Waals surface area contributed by atoms with E-state index in [2.05, 4.69) is 20.0 Å². The number of halogens is 7. The van der Waals surface area contributed by atoms with E-state index < -0.39 is 41.9 Å². The maximum Gasteiger partial charge on any atom is 0.340 e. The van der Waals surface area contributed by atoms with Crippen molar-refractivity contribution in [3.8, 4) is 5.75 Å². The van der Waals surface area contributed by atoms with E-state index in [1.165, 1.54) is 12.1 Å². The molecule has 0 saturated carbocycles. The first-order valence-corrected chi connectivity index (χ1v) is 11.1. The number of amides is 1. The molecule has 4 rings (SSSR count). The van der Waals surface area contributed by atoms with Gasteiger partial charge < -0.3 is 20.5 Å². The number of anilines is 1. The topological polar surface area (TPSA) is 98.8 Å². The number of amidine groups is 1. The number of nitrogens with two attached hydrogens (primary N) is 1. The van der Waals surface area contributed by atoms with Gasteiger partial charge in [0.05, 0.1) is 19.4 Å². The lowest BCUT2D eigenvalue weighted by Gasteiger charge is -2.38. The molecule has 15 heteroatoms. The third-order valence-electron chi connectivity index (χ3n) is 5.52. The molecule has 3 N–H and O–H groups in total. The number of nitrogens with zero attached hydrogens (tertiary/aromatic N) is 2. The average Bonchev–Trinajstić information content (AvgIpc) is 3.16. The zero-order valence-electron chi connectivity index (χ0n) is 18.2. The minimum atomic E-state index is -4.34. The molecule has 1 saturated heterocycles. The Labute approximate surface area is 211 Å². The molecule has 3 heterocycles. The zero-order chi connectivity index (χ0) is 25.4. The van der Waals surface area contributed by atoms with E-state index in [1.54, 1.807) is 0 Å². The number of aromatic nitrogens is 1. The third kappa shape index (κ3) is 5.20. The van der Waals surface area contributed by atoms with Gasteiger partial charge in [-0.1, -0.05) is 11.8 Å². The number of carbonyl (C=O) groups excluding carboxylic acids is 1. The van der Waals surface area contributed by atoms with E-state index in [9.17, 15) is 26.7 Å². The largest absolute Gasteiger partial charge is 0.485 e. The highest BCUT2D eigenvalue weighted by atomic mass is 35.5. The third-order valence-corrected chi connectivity index (χ3v) is 6.51. The monoisotopic (exact) mass is 556 g/mol. The molecular formula is C21H19ClF6N4O3S. The van der Waals surface area contributed by atoms with Gasteiger partial charge in [0.1, 0.15) is 17.3 Å². The highest BCUT2D eigenvalue weighted by molar-refractivity contribution is 8.13. The Morgan fingerprint density at radius 2 is 2.03 bits per heavy atom. The molecule has 0 radical (unpaired) electrons. The first kappa shape index (κ1) is 27.9. The molecule has 0 bridgehead atoms. The molecule has 7 nitrogen and oxygen atoms in total. The fourth-order valence-corrected chi connectivity index (χ4v) is 4.57. The van der Waals surface area contributed by atoms with Crippen molar-refractivity contribution in [2.75, 3.05) is 30.9 Å². The second-order valence-corrected chi connectivity index (χ2v) is 8.93. The number of pyridine rings is 1. The van der Waals surface area contributed by atoms with Crippen LogP contribution in [0.2, 0.25) is 0 Å². The summed E-state index contributed by atoms with van der Waals surface area (Å²) >= 11 is 0.995. The van der Waals surface area contributed by atoms with Crippen molar-refractivity contribution >= 4 is 40.9 Å². The van der Waals surface area contributed by atoms with Crippen molar-refractivity contribution in [2.24, 2.45) is 10.7 Å². The van der Waals surface area contributed by atoms with Gasteiger partial charge >= 0.3 is 12.3 Å². The van der Waals surface area contributed by atoms with Gasteiger partial charge in [-0.2, -0.15) is 8.78 Å². The van der Waals surface area contributed by atoms with Crippen LogP contribution in [0.15, 0.2) is 41.5 Å². The van der Waals surface area contributed by atoms with Gasteiger partial charge in [-0.05, 0) is 30.3 Å². The lowest BCUT2D eigenvalue weighted by Crippen LogP contribution is -2.52. The Hall–Kier alpha value is -2.71.